The van der Waals surface area contributed by atoms with E-state index < -0.39 is 10.0 Å². The Bertz CT molecular complexity index is 536. The third-order valence-corrected chi connectivity index (χ3v) is 6.60. The second-order valence-electron chi connectivity index (χ2n) is 4.87. The Morgan fingerprint density at radius 2 is 2.14 bits per heavy atom. The van der Waals surface area contributed by atoms with Crippen LogP contribution in [-0.4, -0.2) is 49.3 Å². The zero-order chi connectivity index (χ0) is 15.3. The van der Waals surface area contributed by atoms with Crippen molar-refractivity contribution in [3.8, 4) is 0 Å². The van der Waals surface area contributed by atoms with Gasteiger partial charge in [-0.1, -0.05) is 13.8 Å². The summed E-state index contributed by atoms with van der Waals surface area (Å²) >= 11 is 1.61. The number of pyridine rings is 1. The zero-order valence-electron chi connectivity index (χ0n) is 12.5. The lowest BCUT2D eigenvalue weighted by molar-refractivity contribution is 0.129. The number of sulfonamides is 1. The van der Waals surface area contributed by atoms with Crippen LogP contribution in [0.2, 0.25) is 0 Å². The van der Waals surface area contributed by atoms with Crippen LogP contribution >= 0.6 is 11.8 Å². The van der Waals surface area contributed by atoms with Gasteiger partial charge in [0, 0.05) is 31.6 Å². The van der Waals surface area contributed by atoms with Crippen LogP contribution in [-0.2, 0) is 14.8 Å². The summed E-state index contributed by atoms with van der Waals surface area (Å²) in [7, 11) is -3.41. The molecule has 0 aromatic carbocycles. The van der Waals surface area contributed by atoms with Crippen molar-refractivity contribution in [2.75, 3.05) is 25.4 Å². The highest BCUT2D eigenvalue weighted by Crippen LogP contribution is 2.23. The predicted octanol–water partition coefficient (Wildman–Crippen LogP) is 2.38. The largest absolute Gasteiger partial charge is 0.377 e. The van der Waals surface area contributed by atoms with Crippen LogP contribution in [0, 0.1) is 0 Å². The second-order valence-corrected chi connectivity index (χ2v) is 7.85. The maximum Gasteiger partial charge on any atom is 0.244 e. The molecule has 0 amide bonds. The Balaban J connectivity index is 2.00. The molecule has 1 fully saturated rings. The van der Waals surface area contributed by atoms with Gasteiger partial charge in [-0.05, 0) is 25.0 Å². The molecular formula is C14H22N2O3S2. The van der Waals surface area contributed by atoms with Crippen molar-refractivity contribution < 1.29 is 13.2 Å². The van der Waals surface area contributed by atoms with Crippen LogP contribution in [0.15, 0.2) is 28.3 Å². The highest BCUT2D eigenvalue weighted by molar-refractivity contribution is 7.99. The number of hydrogen-bond acceptors (Lipinski definition) is 5. The van der Waals surface area contributed by atoms with Crippen molar-refractivity contribution in [3.05, 3.63) is 18.3 Å². The Hall–Kier alpha value is -0.630. The fourth-order valence-corrected chi connectivity index (χ4v) is 4.59. The number of hydrogen-bond donors (Lipinski definition) is 0. The Morgan fingerprint density at radius 3 is 2.67 bits per heavy atom. The molecule has 118 valence electrons. The van der Waals surface area contributed by atoms with Crippen LogP contribution in [0.1, 0.15) is 26.7 Å². The maximum atomic E-state index is 12.3. The fraction of sp³-hybridized carbons (Fsp3) is 0.643. The van der Waals surface area contributed by atoms with E-state index in [0.29, 0.717) is 19.2 Å². The van der Waals surface area contributed by atoms with E-state index in [1.807, 2.05) is 13.8 Å². The molecule has 0 N–H and O–H groups in total. The summed E-state index contributed by atoms with van der Waals surface area (Å²) in [6, 6.07) is 3.41. The summed E-state index contributed by atoms with van der Waals surface area (Å²) in [6.07, 6.45) is 3.97. The van der Waals surface area contributed by atoms with E-state index in [1.165, 1.54) is 10.5 Å². The number of aromatic nitrogens is 1. The van der Waals surface area contributed by atoms with Gasteiger partial charge in [0.05, 0.1) is 11.1 Å². The van der Waals surface area contributed by atoms with Gasteiger partial charge in [-0.15, -0.1) is 11.8 Å². The summed E-state index contributed by atoms with van der Waals surface area (Å²) < 4.78 is 31.7. The molecule has 0 saturated carbocycles. The molecule has 7 heteroatoms. The van der Waals surface area contributed by atoms with E-state index in [1.54, 1.807) is 23.9 Å². The van der Waals surface area contributed by atoms with Crippen molar-refractivity contribution in [2.45, 2.75) is 42.7 Å². The fourth-order valence-electron chi connectivity index (χ4n) is 2.27. The van der Waals surface area contributed by atoms with Crippen LogP contribution in [0.3, 0.4) is 0 Å². The summed E-state index contributed by atoms with van der Waals surface area (Å²) in [4.78, 5) is 4.52. The van der Waals surface area contributed by atoms with Gasteiger partial charge in [-0.25, -0.2) is 13.4 Å². The smallest absolute Gasteiger partial charge is 0.244 e. The van der Waals surface area contributed by atoms with Crippen LogP contribution in [0.4, 0.5) is 0 Å². The topological polar surface area (TPSA) is 59.5 Å². The minimum absolute atomic E-state index is 0.257. The summed E-state index contributed by atoms with van der Waals surface area (Å²) in [6.45, 7) is 5.45. The SMILES string of the molecule is CCN(CC)S(=O)(=O)c1ccc(SCC2CCCO2)nc1. The molecule has 2 rings (SSSR count). The van der Waals surface area contributed by atoms with E-state index in [4.69, 9.17) is 4.74 Å². The van der Waals surface area contributed by atoms with Crippen molar-refractivity contribution in [1.82, 2.24) is 9.29 Å². The minimum Gasteiger partial charge on any atom is -0.377 e. The second kappa shape index (κ2) is 7.58. The lowest BCUT2D eigenvalue weighted by atomic mass is 10.3. The van der Waals surface area contributed by atoms with Crippen LogP contribution in [0.25, 0.3) is 0 Å². The molecule has 0 radical (unpaired) electrons. The lowest BCUT2D eigenvalue weighted by Crippen LogP contribution is -2.30. The molecule has 0 bridgehead atoms. The molecule has 5 nitrogen and oxygen atoms in total. The normalized spacial score (nSPS) is 19.3. The average Bonchev–Trinajstić information content (AvgIpc) is 3.00. The average molecular weight is 330 g/mol. The third-order valence-electron chi connectivity index (χ3n) is 3.49. The van der Waals surface area contributed by atoms with Gasteiger partial charge in [0.25, 0.3) is 0 Å². The molecule has 0 spiro atoms. The predicted molar refractivity (Wildman–Crippen MR) is 84.0 cm³/mol. The third kappa shape index (κ3) is 4.18. The Labute approximate surface area is 131 Å². The number of nitrogens with zero attached hydrogens (tertiary/aromatic N) is 2. The molecule has 1 aliphatic heterocycles. The van der Waals surface area contributed by atoms with Crippen molar-refractivity contribution in [1.29, 1.82) is 0 Å². The molecule has 1 aliphatic rings. The Kier molecular flexibility index (Phi) is 6.04. The van der Waals surface area contributed by atoms with E-state index >= 15 is 0 Å². The molecule has 21 heavy (non-hydrogen) atoms. The first-order valence-electron chi connectivity index (χ1n) is 7.28. The van der Waals surface area contributed by atoms with Crippen LogP contribution in [0.5, 0.6) is 0 Å². The number of thioether (sulfide) groups is 1. The van der Waals surface area contributed by atoms with E-state index in [2.05, 4.69) is 4.98 Å². The van der Waals surface area contributed by atoms with Gasteiger partial charge in [0.2, 0.25) is 10.0 Å². The number of rotatable bonds is 7. The Morgan fingerprint density at radius 1 is 1.38 bits per heavy atom. The maximum absolute atomic E-state index is 12.3. The first-order valence-corrected chi connectivity index (χ1v) is 9.71. The van der Waals surface area contributed by atoms with Crippen molar-refractivity contribution in [3.63, 3.8) is 0 Å². The highest BCUT2D eigenvalue weighted by atomic mass is 32.2. The molecule has 1 aromatic heterocycles. The van der Waals surface area contributed by atoms with E-state index in [9.17, 15) is 8.42 Å². The molecule has 1 atom stereocenters. The van der Waals surface area contributed by atoms with Crippen molar-refractivity contribution >= 4 is 21.8 Å². The summed E-state index contributed by atoms with van der Waals surface area (Å²) in [5.41, 5.74) is 0. The van der Waals surface area contributed by atoms with Gasteiger partial charge >= 0.3 is 0 Å². The van der Waals surface area contributed by atoms with Crippen molar-refractivity contribution in [2.24, 2.45) is 0 Å². The van der Waals surface area contributed by atoms with Gasteiger partial charge < -0.3 is 4.74 Å². The van der Waals surface area contributed by atoms with E-state index in [0.717, 1.165) is 30.2 Å². The van der Waals surface area contributed by atoms with Gasteiger partial charge in [-0.3, -0.25) is 0 Å². The summed E-state index contributed by atoms with van der Waals surface area (Å²) in [5, 5.41) is 0.837. The quantitative estimate of drug-likeness (QED) is 0.719. The molecule has 1 saturated heterocycles. The van der Waals surface area contributed by atoms with Gasteiger partial charge in [0.1, 0.15) is 4.90 Å². The number of ether oxygens (including phenoxy) is 1. The monoisotopic (exact) mass is 330 g/mol. The molecule has 1 aromatic rings. The molecular weight excluding hydrogens is 308 g/mol. The zero-order valence-corrected chi connectivity index (χ0v) is 14.1. The minimum atomic E-state index is -3.41. The van der Waals surface area contributed by atoms with E-state index in [-0.39, 0.29) is 4.90 Å². The molecule has 2 heterocycles. The first-order chi connectivity index (χ1) is 10.1. The molecule has 1 unspecified atom stereocenters. The van der Waals surface area contributed by atoms with Gasteiger partial charge in [0.15, 0.2) is 0 Å². The summed E-state index contributed by atoms with van der Waals surface area (Å²) in [5.74, 6) is 0.870. The molecule has 0 aliphatic carbocycles. The van der Waals surface area contributed by atoms with Gasteiger partial charge in [-0.2, -0.15) is 4.31 Å². The van der Waals surface area contributed by atoms with Crippen LogP contribution < -0.4 is 0 Å². The highest BCUT2D eigenvalue weighted by Gasteiger charge is 2.22. The standard InChI is InChI=1S/C14H22N2O3S2/c1-3-16(4-2)21(17,18)13-7-8-14(15-10-13)20-11-12-6-5-9-19-12/h7-8,10,12H,3-6,9,11H2,1-2H3. The lowest BCUT2D eigenvalue weighted by Gasteiger charge is -2.18. The first kappa shape index (κ1) is 16.7.